The molecule has 3 aromatic rings. The van der Waals surface area contributed by atoms with E-state index in [1.54, 1.807) is 35.8 Å². The lowest BCUT2D eigenvalue weighted by Crippen LogP contribution is -2.40. The van der Waals surface area contributed by atoms with Gasteiger partial charge in [0.25, 0.3) is 0 Å². The Morgan fingerprint density at radius 1 is 1.20 bits per heavy atom. The maximum Gasteiger partial charge on any atom is 0.247 e. The van der Waals surface area contributed by atoms with Gasteiger partial charge in [-0.15, -0.1) is 11.3 Å². The van der Waals surface area contributed by atoms with Crippen LogP contribution in [0.5, 0.6) is 0 Å². The number of thiophene rings is 1. The Morgan fingerprint density at radius 2 is 1.90 bits per heavy atom. The summed E-state index contributed by atoms with van der Waals surface area (Å²) in [5.74, 6) is -0.0579. The fourth-order valence-corrected chi connectivity index (χ4v) is 4.34. The lowest BCUT2D eigenvalue weighted by molar-refractivity contribution is -0.129. The summed E-state index contributed by atoms with van der Waals surface area (Å²) in [6.07, 6.45) is 1.31. The van der Waals surface area contributed by atoms with E-state index in [1.807, 2.05) is 17.5 Å². The molecule has 1 aliphatic heterocycles. The van der Waals surface area contributed by atoms with Crippen LogP contribution in [0.2, 0.25) is 0 Å². The third kappa shape index (κ3) is 3.83. The van der Waals surface area contributed by atoms with Crippen LogP contribution in [-0.4, -0.2) is 32.5 Å². The van der Waals surface area contributed by atoms with Gasteiger partial charge in [0.1, 0.15) is 6.04 Å². The van der Waals surface area contributed by atoms with Crippen molar-refractivity contribution in [2.24, 2.45) is 0 Å². The van der Waals surface area contributed by atoms with Gasteiger partial charge >= 0.3 is 0 Å². The van der Waals surface area contributed by atoms with E-state index in [4.69, 9.17) is 12.2 Å². The molecule has 8 nitrogen and oxygen atoms in total. The first-order valence-corrected chi connectivity index (χ1v) is 10.7. The number of amides is 3. The Bertz CT molecular complexity index is 1130. The Hall–Kier alpha value is -3.11. The highest BCUT2D eigenvalue weighted by Crippen LogP contribution is 2.27. The fraction of sp³-hybridized carbons (Fsp3) is 0.250. The first-order chi connectivity index (χ1) is 14.5. The van der Waals surface area contributed by atoms with Gasteiger partial charge in [-0.2, -0.15) is 5.10 Å². The van der Waals surface area contributed by atoms with Gasteiger partial charge in [-0.25, -0.2) is 0 Å². The number of aromatic amines is 1. The first-order valence-electron chi connectivity index (χ1n) is 9.43. The molecule has 1 atom stereocenters. The Kier molecular flexibility index (Phi) is 5.60. The molecule has 1 unspecified atom stereocenters. The lowest BCUT2D eigenvalue weighted by Gasteiger charge is -2.25. The van der Waals surface area contributed by atoms with Crippen molar-refractivity contribution >= 4 is 52.7 Å². The van der Waals surface area contributed by atoms with E-state index in [0.717, 1.165) is 4.88 Å². The molecule has 1 fully saturated rings. The van der Waals surface area contributed by atoms with Gasteiger partial charge in [0, 0.05) is 18.5 Å². The number of nitrogens with zero attached hydrogens (tertiary/aromatic N) is 3. The summed E-state index contributed by atoms with van der Waals surface area (Å²) < 4.78 is 2.04. The summed E-state index contributed by atoms with van der Waals surface area (Å²) in [7, 11) is 0. The molecule has 3 heterocycles. The van der Waals surface area contributed by atoms with Crippen LogP contribution in [0.15, 0.2) is 41.8 Å². The van der Waals surface area contributed by atoms with Gasteiger partial charge in [-0.1, -0.05) is 6.07 Å². The van der Waals surface area contributed by atoms with Gasteiger partial charge < -0.3 is 5.32 Å². The van der Waals surface area contributed by atoms with Crippen molar-refractivity contribution in [2.45, 2.75) is 32.2 Å². The van der Waals surface area contributed by atoms with Crippen molar-refractivity contribution in [3.63, 3.8) is 0 Å². The van der Waals surface area contributed by atoms with E-state index < -0.39 is 6.04 Å². The highest BCUT2D eigenvalue weighted by atomic mass is 32.1. The summed E-state index contributed by atoms with van der Waals surface area (Å²) in [4.78, 5) is 39.1. The first kappa shape index (κ1) is 20.2. The van der Waals surface area contributed by atoms with Crippen molar-refractivity contribution in [1.82, 2.24) is 14.8 Å². The number of H-pyrrole nitrogens is 1. The van der Waals surface area contributed by atoms with Crippen LogP contribution in [0.1, 0.15) is 32.2 Å². The predicted molar refractivity (Wildman–Crippen MR) is 117 cm³/mol. The molecule has 1 aliphatic rings. The molecular formula is C20H19N5O3S2. The summed E-state index contributed by atoms with van der Waals surface area (Å²) >= 11 is 6.83. The SMILES string of the molecule is CC(C(=O)Nc1ccc(N2C(=O)CCCC2=O)cc1)n1c(-c2cccs2)n[nH]c1=S. The zero-order valence-corrected chi connectivity index (χ0v) is 17.8. The summed E-state index contributed by atoms with van der Waals surface area (Å²) in [5.41, 5.74) is 1.06. The molecule has 1 aromatic carbocycles. The molecule has 0 aliphatic carbocycles. The Labute approximate surface area is 181 Å². The molecule has 154 valence electrons. The van der Waals surface area contributed by atoms with E-state index in [1.165, 1.54) is 16.2 Å². The van der Waals surface area contributed by atoms with Crippen molar-refractivity contribution in [1.29, 1.82) is 0 Å². The molecule has 1 saturated heterocycles. The summed E-state index contributed by atoms with van der Waals surface area (Å²) in [5, 5.41) is 11.8. The number of carbonyl (C=O) groups excluding carboxylic acids is 3. The van der Waals surface area contributed by atoms with Crippen LogP contribution in [0.4, 0.5) is 11.4 Å². The van der Waals surface area contributed by atoms with E-state index in [9.17, 15) is 14.4 Å². The number of anilines is 2. The van der Waals surface area contributed by atoms with Crippen LogP contribution in [0, 0.1) is 4.77 Å². The molecule has 4 rings (SSSR count). The van der Waals surface area contributed by atoms with E-state index >= 15 is 0 Å². The van der Waals surface area contributed by atoms with Gasteiger partial charge in [0.15, 0.2) is 10.6 Å². The largest absolute Gasteiger partial charge is 0.324 e. The van der Waals surface area contributed by atoms with Gasteiger partial charge in [0.2, 0.25) is 17.7 Å². The third-order valence-electron chi connectivity index (χ3n) is 4.89. The van der Waals surface area contributed by atoms with E-state index in [-0.39, 0.29) is 17.7 Å². The summed E-state index contributed by atoms with van der Waals surface area (Å²) in [6.45, 7) is 1.75. The average Bonchev–Trinajstić information content (AvgIpc) is 3.38. The highest BCUT2D eigenvalue weighted by Gasteiger charge is 2.27. The zero-order chi connectivity index (χ0) is 21.3. The number of carbonyl (C=O) groups is 3. The number of nitrogens with one attached hydrogen (secondary N) is 2. The number of imide groups is 1. The molecule has 30 heavy (non-hydrogen) atoms. The van der Waals surface area contributed by atoms with Crippen LogP contribution in [-0.2, 0) is 14.4 Å². The van der Waals surface area contributed by atoms with Crippen molar-refractivity contribution in [3.8, 4) is 10.7 Å². The molecule has 0 saturated carbocycles. The second-order valence-corrected chi connectivity index (χ2v) is 8.22. The molecule has 0 spiro atoms. The number of rotatable bonds is 5. The van der Waals surface area contributed by atoms with Crippen molar-refractivity contribution in [2.75, 3.05) is 10.2 Å². The van der Waals surface area contributed by atoms with Crippen LogP contribution in [0.3, 0.4) is 0 Å². The normalized spacial score (nSPS) is 15.3. The van der Waals surface area contributed by atoms with Crippen molar-refractivity contribution in [3.05, 3.63) is 46.5 Å². The van der Waals surface area contributed by atoms with E-state index in [0.29, 0.717) is 41.2 Å². The van der Waals surface area contributed by atoms with Gasteiger partial charge in [-0.05, 0) is 61.3 Å². The Balaban J connectivity index is 1.51. The molecule has 2 N–H and O–H groups in total. The maximum atomic E-state index is 12.8. The van der Waals surface area contributed by atoms with Crippen LogP contribution < -0.4 is 10.2 Å². The molecule has 2 aromatic heterocycles. The number of hydrogen-bond donors (Lipinski definition) is 2. The highest BCUT2D eigenvalue weighted by molar-refractivity contribution is 7.71. The monoisotopic (exact) mass is 441 g/mol. The molecular weight excluding hydrogens is 422 g/mol. The minimum atomic E-state index is -0.599. The summed E-state index contributed by atoms with van der Waals surface area (Å²) in [6, 6.07) is 9.88. The number of aromatic nitrogens is 3. The average molecular weight is 442 g/mol. The van der Waals surface area contributed by atoms with Gasteiger partial charge in [-0.3, -0.25) is 28.9 Å². The minimum Gasteiger partial charge on any atom is -0.324 e. The quantitative estimate of drug-likeness (QED) is 0.462. The second kappa shape index (κ2) is 8.33. The van der Waals surface area contributed by atoms with Crippen LogP contribution in [0.25, 0.3) is 10.7 Å². The standard InChI is InChI=1S/C20H19N5O3S2/c1-12(24-18(22-23-20(24)29)15-4-3-11-30-15)19(28)21-13-7-9-14(10-8-13)25-16(26)5-2-6-17(25)27/h3-4,7-12H,2,5-6H2,1H3,(H,21,28)(H,23,29). The van der Waals surface area contributed by atoms with Gasteiger partial charge in [0.05, 0.1) is 10.6 Å². The Morgan fingerprint density at radius 3 is 2.53 bits per heavy atom. The number of benzene rings is 1. The predicted octanol–water partition coefficient (Wildman–Crippen LogP) is 3.91. The number of hydrogen-bond acceptors (Lipinski definition) is 6. The lowest BCUT2D eigenvalue weighted by atomic mass is 10.1. The maximum absolute atomic E-state index is 12.8. The third-order valence-corrected chi connectivity index (χ3v) is 6.04. The van der Waals surface area contributed by atoms with E-state index in [2.05, 4.69) is 15.5 Å². The zero-order valence-electron chi connectivity index (χ0n) is 16.1. The smallest absolute Gasteiger partial charge is 0.247 e. The van der Waals surface area contributed by atoms with Crippen LogP contribution >= 0.6 is 23.6 Å². The number of piperidine rings is 1. The second-order valence-electron chi connectivity index (χ2n) is 6.89. The molecule has 0 bridgehead atoms. The topological polar surface area (TPSA) is 100 Å². The fourth-order valence-electron chi connectivity index (χ4n) is 3.34. The minimum absolute atomic E-state index is 0.202. The molecule has 10 heteroatoms. The molecule has 0 radical (unpaired) electrons. The van der Waals surface area contributed by atoms with Crippen molar-refractivity contribution < 1.29 is 14.4 Å². The molecule has 3 amide bonds.